The first-order valence-corrected chi connectivity index (χ1v) is 7.61. The van der Waals surface area contributed by atoms with E-state index in [4.69, 9.17) is 0 Å². The fourth-order valence-corrected chi connectivity index (χ4v) is 3.35. The molecule has 104 valence electrons. The Hall–Kier alpha value is -2.33. The molecule has 0 fully saturated rings. The van der Waals surface area contributed by atoms with E-state index in [2.05, 4.69) is 0 Å². The zero-order valence-corrected chi connectivity index (χ0v) is 12.1. The molecule has 21 heavy (non-hydrogen) atoms. The van der Waals surface area contributed by atoms with Crippen LogP contribution in [0.1, 0.15) is 26.3 Å². The van der Waals surface area contributed by atoms with Crippen LogP contribution in [-0.4, -0.2) is 15.8 Å². The number of carbonyl (C=O) groups is 2. The van der Waals surface area contributed by atoms with Crippen molar-refractivity contribution in [3.05, 3.63) is 76.2 Å². The number of ketones is 2. The summed E-state index contributed by atoms with van der Waals surface area (Å²) in [6.07, 6.45) is 1.20. The molecule has 0 radical (unpaired) electrons. The van der Waals surface area contributed by atoms with Gasteiger partial charge in [-0.25, -0.2) is 4.21 Å². The minimum Gasteiger partial charge on any atom is -0.289 e. The lowest BCUT2D eigenvalue weighted by molar-refractivity contribution is 0.0990. The minimum atomic E-state index is -1.65. The molecule has 1 aliphatic carbocycles. The van der Waals surface area contributed by atoms with E-state index in [1.54, 1.807) is 36.4 Å². The molecule has 0 aromatic heterocycles. The molecule has 3 nitrogen and oxygen atoms in total. The maximum absolute atomic E-state index is 12.5. The van der Waals surface area contributed by atoms with Gasteiger partial charge in [-0.15, -0.1) is 0 Å². The topological polar surface area (TPSA) is 51.2 Å². The van der Waals surface area contributed by atoms with Crippen molar-refractivity contribution in [1.29, 1.82) is 0 Å². The normalized spacial score (nSPS) is 15.4. The standard InChI is InChI=1S/C17H12O3S/c1-11-6-8-12(9-7-11)21(20)16-10-15(18)13-4-2-3-5-14(13)17(16)19/h2-10H,1H3/t21-/m0/s1. The fourth-order valence-electron chi connectivity index (χ4n) is 2.22. The zero-order valence-electron chi connectivity index (χ0n) is 11.3. The van der Waals surface area contributed by atoms with Gasteiger partial charge in [0, 0.05) is 22.1 Å². The van der Waals surface area contributed by atoms with Crippen LogP contribution >= 0.6 is 0 Å². The van der Waals surface area contributed by atoms with E-state index < -0.39 is 10.8 Å². The summed E-state index contributed by atoms with van der Waals surface area (Å²) in [4.78, 5) is 25.1. The molecule has 0 spiro atoms. The maximum atomic E-state index is 12.5. The van der Waals surface area contributed by atoms with Crippen LogP contribution in [0, 0.1) is 6.92 Å². The second-order valence-corrected chi connectivity index (χ2v) is 6.28. The van der Waals surface area contributed by atoms with Gasteiger partial charge in [0.2, 0.25) is 5.78 Å². The van der Waals surface area contributed by atoms with E-state index in [0.717, 1.165) is 5.56 Å². The van der Waals surface area contributed by atoms with Crippen LogP contribution in [0.5, 0.6) is 0 Å². The lowest BCUT2D eigenvalue weighted by Gasteiger charge is -2.14. The summed E-state index contributed by atoms with van der Waals surface area (Å²) >= 11 is 0. The smallest absolute Gasteiger partial charge is 0.203 e. The zero-order chi connectivity index (χ0) is 15.0. The summed E-state index contributed by atoms with van der Waals surface area (Å²) in [5, 5.41) is 0. The molecule has 0 saturated heterocycles. The van der Waals surface area contributed by atoms with E-state index >= 15 is 0 Å². The summed E-state index contributed by atoms with van der Waals surface area (Å²) in [5.74, 6) is -0.621. The Bertz CT molecular complexity index is 801. The van der Waals surface area contributed by atoms with Crippen molar-refractivity contribution in [1.82, 2.24) is 0 Å². The number of allylic oxidation sites excluding steroid dienone is 2. The highest BCUT2D eigenvalue weighted by molar-refractivity contribution is 7.90. The van der Waals surface area contributed by atoms with Gasteiger partial charge in [-0.1, -0.05) is 42.0 Å². The molecule has 3 rings (SSSR count). The monoisotopic (exact) mass is 296 g/mol. The molecule has 1 aliphatic rings. The van der Waals surface area contributed by atoms with Crippen molar-refractivity contribution in [3.63, 3.8) is 0 Å². The minimum absolute atomic E-state index is 0.0440. The van der Waals surface area contributed by atoms with Crippen molar-refractivity contribution >= 4 is 22.4 Å². The van der Waals surface area contributed by atoms with E-state index in [1.165, 1.54) is 6.08 Å². The van der Waals surface area contributed by atoms with Crippen LogP contribution in [0.25, 0.3) is 0 Å². The summed E-state index contributed by atoms with van der Waals surface area (Å²) in [5.41, 5.74) is 1.73. The molecular formula is C17H12O3S. The molecule has 0 unspecified atom stereocenters. The number of benzene rings is 2. The van der Waals surface area contributed by atoms with Crippen molar-refractivity contribution in [2.75, 3.05) is 0 Å². The lowest BCUT2D eigenvalue weighted by Crippen LogP contribution is -2.19. The van der Waals surface area contributed by atoms with Crippen molar-refractivity contribution < 1.29 is 13.8 Å². The van der Waals surface area contributed by atoms with E-state index in [1.807, 2.05) is 19.1 Å². The van der Waals surface area contributed by atoms with E-state index in [9.17, 15) is 13.8 Å². The second-order valence-electron chi connectivity index (χ2n) is 4.83. The van der Waals surface area contributed by atoms with Gasteiger partial charge >= 0.3 is 0 Å². The predicted octanol–water partition coefficient (Wildman–Crippen LogP) is 3.07. The van der Waals surface area contributed by atoms with Crippen LogP contribution < -0.4 is 0 Å². The SMILES string of the molecule is Cc1ccc([S@](=O)C2=CC(=O)c3ccccc3C2=O)cc1. The third-order valence-electron chi connectivity index (χ3n) is 3.36. The average Bonchev–Trinajstić information content (AvgIpc) is 2.51. The Morgan fingerprint density at radius 1 is 0.857 bits per heavy atom. The molecule has 2 aromatic carbocycles. The number of fused-ring (bicyclic) bond motifs is 1. The van der Waals surface area contributed by atoms with Crippen molar-refractivity contribution in [3.8, 4) is 0 Å². The van der Waals surface area contributed by atoms with Gasteiger partial charge in [0.25, 0.3) is 0 Å². The highest BCUT2D eigenvalue weighted by Gasteiger charge is 2.29. The number of hydrogen-bond donors (Lipinski definition) is 0. The Kier molecular flexibility index (Phi) is 3.39. The lowest BCUT2D eigenvalue weighted by atomic mass is 9.95. The number of carbonyl (C=O) groups excluding carboxylic acids is 2. The fraction of sp³-hybridized carbons (Fsp3) is 0.0588. The van der Waals surface area contributed by atoms with Gasteiger partial charge < -0.3 is 0 Å². The Morgan fingerprint density at radius 2 is 1.48 bits per heavy atom. The molecule has 4 heteroatoms. The molecule has 0 amide bonds. The molecule has 0 heterocycles. The van der Waals surface area contributed by atoms with Crippen LogP contribution in [-0.2, 0) is 10.8 Å². The van der Waals surface area contributed by atoms with Crippen molar-refractivity contribution in [2.45, 2.75) is 11.8 Å². The molecule has 0 aliphatic heterocycles. The van der Waals surface area contributed by atoms with Gasteiger partial charge in [0.05, 0.1) is 15.7 Å². The number of rotatable bonds is 2. The molecule has 1 atom stereocenters. The number of Topliss-reactive ketones (excluding diaryl/α,β-unsaturated/α-hetero) is 1. The largest absolute Gasteiger partial charge is 0.289 e. The first kappa shape index (κ1) is 13.6. The summed E-state index contributed by atoms with van der Waals surface area (Å²) in [7, 11) is -1.65. The molecule has 2 aromatic rings. The van der Waals surface area contributed by atoms with Crippen LogP contribution in [0.3, 0.4) is 0 Å². The van der Waals surface area contributed by atoms with E-state index in [0.29, 0.717) is 16.0 Å². The quantitative estimate of drug-likeness (QED) is 0.856. The molecule has 0 saturated carbocycles. The van der Waals surface area contributed by atoms with Crippen LogP contribution in [0.4, 0.5) is 0 Å². The van der Waals surface area contributed by atoms with Gasteiger partial charge in [-0.2, -0.15) is 0 Å². The average molecular weight is 296 g/mol. The summed E-state index contributed by atoms with van der Waals surface area (Å²) in [6, 6.07) is 13.7. The Balaban J connectivity index is 2.04. The summed E-state index contributed by atoms with van der Waals surface area (Å²) < 4.78 is 12.5. The second kappa shape index (κ2) is 5.22. The third-order valence-corrected chi connectivity index (χ3v) is 4.76. The summed E-state index contributed by atoms with van der Waals surface area (Å²) in [6.45, 7) is 1.93. The van der Waals surface area contributed by atoms with Gasteiger partial charge in [-0.3, -0.25) is 9.59 Å². The van der Waals surface area contributed by atoms with E-state index in [-0.39, 0.29) is 16.5 Å². The number of hydrogen-bond acceptors (Lipinski definition) is 3. The first-order valence-electron chi connectivity index (χ1n) is 6.46. The number of aryl methyl sites for hydroxylation is 1. The Labute approximate surface area is 124 Å². The van der Waals surface area contributed by atoms with Gasteiger partial charge in [0.1, 0.15) is 0 Å². The third kappa shape index (κ3) is 2.38. The highest BCUT2D eigenvalue weighted by Crippen LogP contribution is 2.26. The Morgan fingerprint density at radius 3 is 2.14 bits per heavy atom. The maximum Gasteiger partial charge on any atom is 0.203 e. The van der Waals surface area contributed by atoms with Gasteiger partial charge in [0.15, 0.2) is 5.78 Å². The molecular weight excluding hydrogens is 284 g/mol. The highest BCUT2D eigenvalue weighted by atomic mass is 32.2. The van der Waals surface area contributed by atoms with Gasteiger partial charge in [-0.05, 0) is 19.1 Å². The molecule has 0 bridgehead atoms. The van der Waals surface area contributed by atoms with Crippen molar-refractivity contribution in [2.24, 2.45) is 0 Å². The molecule has 0 N–H and O–H groups in total. The van der Waals surface area contributed by atoms with Crippen LogP contribution in [0.15, 0.2) is 64.4 Å². The van der Waals surface area contributed by atoms with Crippen LogP contribution in [0.2, 0.25) is 0 Å². The predicted molar refractivity (Wildman–Crippen MR) is 80.8 cm³/mol. The first-order chi connectivity index (χ1) is 10.1.